The zero-order valence-corrected chi connectivity index (χ0v) is 19.4. The number of hydrazone groups is 1. The number of halogens is 1. The topological polar surface area (TPSA) is 124 Å². The molecule has 0 atom stereocenters. The van der Waals surface area contributed by atoms with Crippen molar-refractivity contribution < 1.29 is 32.2 Å². The Labute approximate surface area is 190 Å². The summed E-state index contributed by atoms with van der Waals surface area (Å²) in [5.41, 5.74) is 3.73. The lowest BCUT2D eigenvalue weighted by molar-refractivity contribution is -0.119. The summed E-state index contributed by atoms with van der Waals surface area (Å²) in [6.45, 7) is 1.21. The lowest BCUT2D eigenvalue weighted by atomic mass is 10.2. The molecular formula is C20H22ClN3O7S. The van der Waals surface area contributed by atoms with Crippen molar-refractivity contribution in [2.75, 3.05) is 31.3 Å². The highest BCUT2D eigenvalue weighted by Gasteiger charge is 2.22. The van der Waals surface area contributed by atoms with Gasteiger partial charge in [-0.05, 0) is 54.4 Å². The summed E-state index contributed by atoms with van der Waals surface area (Å²) in [6.07, 6.45) is 1.42. The number of nitrogens with one attached hydrogen (secondary N) is 1. The first-order chi connectivity index (χ1) is 15.0. The number of aryl methyl sites for hydroxylation is 1. The predicted octanol–water partition coefficient (Wildman–Crippen LogP) is 2.72. The van der Waals surface area contributed by atoms with E-state index in [4.69, 9.17) is 21.1 Å². The first kappa shape index (κ1) is 25.0. The monoisotopic (exact) mass is 483 g/mol. The van der Waals surface area contributed by atoms with E-state index in [-0.39, 0.29) is 11.5 Å². The average molecular weight is 484 g/mol. The maximum absolute atomic E-state index is 12.3. The molecule has 2 aromatic carbocycles. The van der Waals surface area contributed by atoms with Crippen molar-refractivity contribution in [3.8, 4) is 11.5 Å². The molecule has 2 aromatic rings. The van der Waals surface area contributed by atoms with Gasteiger partial charge in [0.15, 0.2) is 11.5 Å². The third kappa shape index (κ3) is 6.86. The highest BCUT2D eigenvalue weighted by molar-refractivity contribution is 7.92. The fourth-order valence-corrected chi connectivity index (χ4v) is 3.75. The van der Waals surface area contributed by atoms with E-state index >= 15 is 0 Å². The van der Waals surface area contributed by atoms with E-state index in [1.807, 2.05) is 0 Å². The maximum Gasteiger partial charge on any atom is 0.513 e. The van der Waals surface area contributed by atoms with Crippen molar-refractivity contribution in [3.05, 3.63) is 52.5 Å². The first-order valence-electron chi connectivity index (χ1n) is 9.04. The SMILES string of the molecule is COC(=O)Oc1ccc(/C=N\NC(=O)CN(c2ccc(Cl)cc2C)S(C)(=O)=O)cc1OC. The van der Waals surface area contributed by atoms with E-state index in [1.54, 1.807) is 25.1 Å². The van der Waals surface area contributed by atoms with Crippen molar-refractivity contribution in [2.24, 2.45) is 5.10 Å². The molecule has 0 bridgehead atoms. The molecule has 0 fully saturated rings. The minimum atomic E-state index is -3.74. The molecule has 0 aliphatic heterocycles. The molecule has 172 valence electrons. The van der Waals surface area contributed by atoms with E-state index in [9.17, 15) is 18.0 Å². The number of anilines is 1. The van der Waals surface area contributed by atoms with Gasteiger partial charge in [0.1, 0.15) is 6.54 Å². The molecule has 0 aliphatic carbocycles. The third-order valence-corrected chi connectivity index (χ3v) is 5.43. The molecule has 10 nitrogen and oxygen atoms in total. The Bertz CT molecular complexity index is 1140. The minimum Gasteiger partial charge on any atom is -0.493 e. The van der Waals surface area contributed by atoms with Crippen LogP contribution in [0.25, 0.3) is 0 Å². The fraction of sp³-hybridized carbons (Fsp3) is 0.250. The summed E-state index contributed by atoms with van der Waals surface area (Å²) in [6, 6.07) is 9.22. The van der Waals surface area contributed by atoms with Gasteiger partial charge in [-0.1, -0.05) is 11.6 Å². The van der Waals surface area contributed by atoms with Crippen LogP contribution in [0.1, 0.15) is 11.1 Å². The second-order valence-corrected chi connectivity index (χ2v) is 8.80. The van der Waals surface area contributed by atoms with Crippen molar-refractivity contribution >= 4 is 45.6 Å². The van der Waals surface area contributed by atoms with Gasteiger partial charge in [0.2, 0.25) is 10.0 Å². The van der Waals surface area contributed by atoms with Crippen LogP contribution >= 0.6 is 11.6 Å². The standard InChI is InChI=1S/C20H22ClN3O7S/c1-13-9-15(21)6-7-16(13)24(32(4,27)28)12-19(25)23-22-11-14-5-8-17(18(10-14)29-2)31-20(26)30-3/h5-11H,12H2,1-4H3,(H,23,25)/b22-11-. The summed E-state index contributed by atoms with van der Waals surface area (Å²) < 4.78 is 39.9. The molecule has 32 heavy (non-hydrogen) atoms. The lowest BCUT2D eigenvalue weighted by Crippen LogP contribution is -2.39. The largest absolute Gasteiger partial charge is 0.513 e. The van der Waals surface area contributed by atoms with Gasteiger partial charge >= 0.3 is 6.16 Å². The Morgan fingerprint density at radius 3 is 2.47 bits per heavy atom. The molecule has 12 heteroatoms. The smallest absolute Gasteiger partial charge is 0.493 e. The lowest BCUT2D eigenvalue weighted by Gasteiger charge is -2.23. The van der Waals surface area contributed by atoms with Gasteiger partial charge in [0, 0.05) is 5.02 Å². The number of carbonyl (C=O) groups excluding carboxylic acids is 2. The summed E-state index contributed by atoms with van der Waals surface area (Å²) in [7, 11) is -1.17. The quantitative estimate of drug-likeness (QED) is 0.265. The number of sulfonamides is 1. The third-order valence-electron chi connectivity index (χ3n) is 4.07. The van der Waals surface area contributed by atoms with Gasteiger partial charge in [0.05, 0.1) is 32.4 Å². The fourth-order valence-electron chi connectivity index (χ4n) is 2.60. The number of methoxy groups -OCH3 is 2. The summed E-state index contributed by atoms with van der Waals surface area (Å²) in [5, 5.41) is 4.29. The second-order valence-electron chi connectivity index (χ2n) is 6.46. The molecule has 0 saturated heterocycles. The molecule has 2 rings (SSSR count). The number of carbonyl (C=O) groups is 2. The van der Waals surface area contributed by atoms with Crippen LogP contribution in [0.5, 0.6) is 11.5 Å². The number of rotatable bonds is 8. The van der Waals surface area contributed by atoms with Gasteiger partial charge in [-0.2, -0.15) is 5.10 Å². The summed E-state index contributed by atoms with van der Waals surface area (Å²) in [5.74, 6) is -0.270. The highest BCUT2D eigenvalue weighted by Crippen LogP contribution is 2.28. The first-order valence-corrected chi connectivity index (χ1v) is 11.3. The van der Waals surface area contributed by atoms with Crippen LogP contribution in [-0.4, -0.2) is 53.7 Å². The molecule has 0 aromatic heterocycles. The van der Waals surface area contributed by atoms with Crippen molar-refractivity contribution in [1.82, 2.24) is 5.43 Å². The Hall–Kier alpha value is -3.31. The number of nitrogens with zero attached hydrogens (tertiary/aromatic N) is 2. The van der Waals surface area contributed by atoms with Gasteiger partial charge in [-0.15, -0.1) is 0 Å². The Kier molecular flexibility index (Phi) is 8.44. The Balaban J connectivity index is 2.11. The van der Waals surface area contributed by atoms with Gasteiger partial charge < -0.3 is 14.2 Å². The van der Waals surface area contributed by atoms with Gasteiger partial charge in [-0.3, -0.25) is 9.10 Å². The molecule has 0 heterocycles. The molecule has 1 N–H and O–H groups in total. The van der Waals surface area contributed by atoms with Gasteiger partial charge in [-0.25, -0.2) is 18.6 Å². The van der Waals surface area contributed by atoms with Crippen molar-refractivity contribution in [1.29, 1.82) is 0 Å². The molecule has 0 unspecified atom stereocenters. The van der Waals surface area contributed by atoms with E-state index in [0.29, 0.717) is 21.8 Å². The van der Waals surface area contributed by atoms with Crippen LogP contribution < -0.4 is 19.2 Å². The van der Waals surface area contributed by atoms with Crippen LogP contribution in [0.15, 0.2) is 41.5 Å². The van der Waals surface area contributed by atoms with E-state index in [1.165, 1.54) is 38.6 Å². The van der Waals surface area contributed by atoms with Crippen molar-refractivity contribution in [2.45, 2.75) is 6.92 Å². The van der Waals surface area contributed by atoms with Crippen LogP contribution in [-0.2, 0) is 19.6 Å². The number of hydrogen-bond acceptors (Lipinski definition) is 8. The maximum atomic E-state index is 12.3. The minimum absolute atomic E-state index is 0.141. The second kappa shape index (κ2) is 10.8. The number of amides is 1. The molecule has 0 spiro atoms. The summed E-state index contributed by atoms with van der Waals surface area (Å²) >= 11 is 5.93. The van der Waals surface area contributed by atoms with Crippen LogP contribution in [0.3, 0.4) is 0 Å². The zero-order valence-electron chi connectivity index (χ0n) is 17.8. The van der Waals surface area contributed by atoms with Crippen LogP contribution in [0.2, 0.25) is 5.02 Å². The van der Waals surface area contributed by atoms with Crippen molar-refractivity contribution in [3.63, 3.8) is 0 Å². The molecule has 1 amide bonds. The number of benzene rings is 2. The molecule has 0 aliphatic rings. The zero-order chi connectivity index (χ0) is 23.9. The predicted molar refractivity (Wildman–Crippen MR) is 120 cm³/mol. The van der Waals surface area contributed by atoms with E-state index < -0.39 is 28.6 Å². The number of hydrogen-bond donors (Lipinski definition) is 1. The highest BCUT2D eigenvalue weighted by atomic mass is 35.5. The molecule has 0 radical (unpaired) electrons. The Morgan fingerprint density at radius 1 is 1.16 bits per heavy atom. The number of ether oxygens (including phenoxy) is 3. The van der Waals surface area contributed by atoms with E-state index in [2.05, 4.69) is 15.3 Å². The Morgan fingerprint density at radius 2 is 1.88 bits per heavy atom. The molecular weight excluding hydrogens is 462 g/mol. The normalized spacial score (nSPS) is 11.2. The molecule has 0 saturated carbocycles. The average Bonchev–Trinajstić information content (AvgIpc) is 2.72. The summed E-state index contributed by atoms with van der Waals surface area (Å²) in [4.78, 5) is 23.6. The van der Waals surface area contributed by atoms with Crippen LogP contribution in [0.4, 0.5) is 10.5 Å². The van der Waals surface area contributed by atoms with Crippen LogP contribution in [0, 0.1) is 6.92 Å². The van der Waals surface area contributed by atoms with E-state index in [0.717, 1.165) is 10.6 Å². The van der Waals surface area contributed by atoms with Gasteiger partial charge in [0.25, 0.3) is 5.91 Å².